The van der Waals surface area contributed by atoms with Gasteiger partial charge in [0.2, 0.25) is 5.91 Å². The smallest absolute Gasteiger partial charge is 0.236 e. The highest BCUT2D eigenvalue weighted by Gasteiger charge is 2.22. The Bertz CT molecular complexity index is 228. The Kier molecular flexibility index (Phi) is 4.07. The summed E-state index contributed by atoms with van der Waals surface area (Å²) in [5.41, 5.74) is 0. The second-order valence-corrected chi connectivity index (χ2v) is 3.70. The van der Waals surface area contributed by atoms with Crippen LogP contribution in [-0.4, -0.2) is 54.2 Å². The number of carbonyl (C=O) groups excluding carboxylic acids is 2. The summed E-state index contributed by atoms with van der Waals surface area (Å²) >= 11 is 0. The predicted molar refractivity (Wildman–Crippen MR) is 54.0 cm³/mol. The van der Waals surface area contributed by atoms with Crippen LogP contribution in [0.2, 0.25) is 0 Å². The first-order valence-electron chi connectivity index (χ1n) is 5.13. The number of ketones is 1. The van der Waals surface area contributed by atoms with E-state index in [1.54, 1.807) is 11.8 Å². The van der Waals surface area contributed by atoms with E-state index in [4.69, 9.17) is 0 Å². The minimum atomic E-state index is 0.149. The van der Waals surface area contributed by atoms with Gasteiger partial charge in [-0.25, -0.2) is 0 Å². The molecule has 0 aromatic heterocycles. The van der Waals surface area contributed by atoms with Crippen LogP contribution in [0.5, 0.6) is 0 Å². The minimum Gasteiger partial charge on any atom is -0.340 e. The maximum Gasteiger partial charge on any atom is 0.236 e. The molecule has 0 radical (unpaired) electrons. The van der Waals surface area contributed by atoms with Crippen molar-refractivity contribution in [2.45, 2.75) is 20.3 Å². The molecule has 0 aromatic carbocycles. The maximum absolute atomic E-state index is 11.5. The van der Waals surface area contributed by atoms with E-state index >= 15 is 0 Å². The van der Waals surface area contributed by atoms with Gasteiger partial charge in [0, 0.05) is 26.1 Å². The van der Waals surface area contributed by atoms with Crippen LogP contribution in [0.3, 0.4) is 0 Å². The van der Waals surface area contributed by atoms with Crippen molar-refractivity contribution in [1.29, 1.82) is 0 Å². The fourth-order valence-corrected chi connectivity index (χ4v) is 1.56. The Hall–Kier alpha value is -0.900. The lowest BCUT2D eigenvalue weighted by Crippen LogP contribution is -2.50. The van der Waals surface area contributed by atoms with Gasteiger partial charge < -0.3 is 4.90 Å². The molecule has 0 N–H and O–H groups in total. The molecule has 14 heavy (non-hydrogen) atoms. The summed E-state index contributed by atoms with van der Waals surface area (Å²) in [6, 6.07) is 0. The first-order valence-corrected chi connectivity index (χ1v) is 5.13. The molecule has 1 fully saturated rings. The van der Waals surface area contributed by atoms with Crippen molar-refractivity contribution in [2.75, 3.05) is 32.7 Å². The fourth-order valence-electron chi connectivity index (χ4n) is 1.56. The summed E-state index contributed by atoms with van der Waals surface area (Å²) < 4.78 is 0. The van der Waals surface area contributed by atoms with Crippen LogP contribution >= 0.6 is 0 Å². The van der Waals surface area contributed by atoms with Crippen molar-refractivity contribution >= 4 is 11.7 Å². The molecule has 1 aliphatic rings. The SMILES string of the molecule is CCN1CCN(CCC(C)=O)C(=O)C1. The Morgan fingerprint density at radius 1 is 1.43 bits per heavy atom. The molecule has 1 aliphatic heterocycles. The summed E-state index contributed by atoms with van der Waals surface area (Å²) in [6.45, 7) is 7.33. The number of Topliss-reactive ketones (excluding diaryl/α,β-unsaturated/α-hetero) is 1. The van der Waals surface area contributed by atoms with Gasteiger partial charge in [-0.15, -0.1) is 0 Å². The van der Waals surface area contributed by atoms with E-state index in [2.05, 4.69) is 11.8 Å². The zero-order valence-electron chi connectivity index (χ0n) is 8.95. The molecule has 0 atom stereocenters. The lowest BCUT2D eigenvalue weighted by Gasteiger charge is -2.33. The Balaban J connectivity index is 2.34. The van der Waals surface area contributed by atoms with E-state index < -0.39 is 0 Å². The fraction of sp³-hybridized carbons (Fsp3) is 0.800. The second kappa shape index (κ2) is 5.10. The summed E-state index contributed by atoms with van der Waals surface area (Å²) in [6.07, 6.45) is 0.484. The summed E-state index contributed by atoms with van der Waals surface area (Å²) in [4.78, 5) is 26.2. The van der Waals surface area contributed by atoms with Crippen LogP contribution in [0.1, 0.15) is 20.3 Å². The van der Waals surface area contributed by atoms with Crippen LogP contribution < -0.4 is 0 Å². The molecule has 0 bridgehead atoms. The van der Waals surface area contributed by atoms with Gasteiger partial charge in [0.05, 0.1) is 6.54 Å². The zero-order chi connectivity index (χ0) is 10.6. The Morgan fingerprint density at radius 2 is 2.14 bits per heavy atom. The highest BCUT2D eigenvalue weighted by atomic mass is 16.2. The molecular formula is C10H18N2O2. The van der Waals surface area contributed by atoms with Crippen molar-refractivity contribution in [1.82, 2.24) is 9.80 Å². The normalized spacial score (nSPS) is 18.7. The lowest BCUT2D eigenvalue weighted by molar-refractivity contribution is -0.136. The van der Waals surface area contributed by atoms with Gasteiger partial charge in [-0.1, -0.05) is 6.92 Å². The molecule has 0 unspecified atom stereocenters. The number of nitrogens with zero attached hydrogens (tertiary/aromatic N) is 2. The summed E-state index contributed by atoms with van der Waals surface area (Å²) in [7, 11) is 0. The van der Waals surface area contributed by atoms with Crippen molar-refractivity contribution in [3.8, 4) is 0 Å². The van der Waals surface area contributed by atoms with Gasteiger partial charge in [-0.2, -0.15) is 0 Å². The molecular weight excluding hydrogens is 180 g/mol. The zero-order valence-corrected chi connectivity index (χ0v) is 8.95. The van der Waals surface area contributed by atoms with Gasteiger partial charge >= 0.3 is 0 Å². The molecule has 1 rings (SSSR count). The van der Waals surface area contributed by atoms with E-state index in [0.29, 0.717) is 19.5 Å². The second-order valence-electron chi connectivity index (χ2n) is 3.70. The first-order chi connectivity index (χ1) is 6.63. The molecule has 4 nitrogen and oxygen atoms in total. The number of likely N-dealkylation sites (N-methyl/N-ethyl adjacent to an activating group) is 1. The Morgan fingerprint density at radius 3 is 2.64 bits per heavy atom. The highest BCUT2D eigenvalue weighted by molar-refractivity contribution is 5.80. The van der Waals surface area contributed by atoms with Crippen molar-refractivity contribution in [3.63, 3.8) is 0 Å². The first kappa shape index (κ1) is 11.2. The average Bonchev–Trinajstić information content (AvgIpc) is 2.15. The Labute approximate surface area is 84.9 Å². The largest absolute Gasteiger partial charge is 0.340 e. The molecule has 0 aliphatic carbocycles. The molecule has 0 spiro atoms. The van der Waals surface area contributed by atoms with Crippen molar-refractivity contribution < 1.29 is 9.59 Å². The molecule has 4 heteroatoms. The summed E-state index contributed by atoms with van der Waals surface area (Å²) in [5.74, 6) is 0.301. The van der Waals surface area contributed by atoms with Gasteiger partial charge in [0.15, 0.2) is 0 Å². The highest BCUT2D eigenvalue weighted by Crippen LogP contribution is 2.03. The molecule has 80 valence electrons. The molecule has 0 saturated carbocycles. The van der Waals surface area contributed by atoms with E-state index in [1.807, 2.05) is 0 Å². The number of piperazine rings is 1. The average molecular weight is 198 g/mol. The third kappa shape index (κ3) is 3.10. The van der Waals surface area contributed by atoms with E-state index in [9.17, 15) is 9.59 Å². The molecule has 1 amide bonds. The van der Waals surface area contributed by atoms with E-state index in [0.717, 1.165) is 19.6 Å². The number of hydrogen-bond acceptors (Lipinski definition) is 3. The van der Waals surface area contributed by atoms with Crippen LogP contribution in [0.25, 0.3) is 0 Å². The van der Waals surface area contributed by atoms with Gasteiger partial charge in [0.25, 0.3) is 0 Å². The number of amides is 1. The van der Waals surface area contributed by atoms with E-state index in [1.165, 1.54) is 0 Å². The molecule has 1 saturated heterocycles. The summed E-state index contributed by atoms with van der Waals surface area (Å²) in [5, 5.41) is 0. The van der Waals surface area contributed by atoms with Crippen LogP contribution in [-0.2, 0) is 9.59 Å². The van der Waals surface area contributed by atoms with Crippen molar-refractivity contribution in [3.05, 3.63) is 0 Å². The lowest BCUT2D eigenvalue weighted by atomic mass is 10.2. The standard InChI is InChI=1S/C10H18N2O2/c1-3-11-6-7-12(10(14)8-11)5-4-9(2)13/h3-8H2,1-2H3. The van der Waals surface area contributed by atoms with Crippen LogP contribution in [0.4, 0.5) is 0 Å². The van der Waals surface area contributed by atoms with Gasteiger partial charge in [0.1, 0.15) is 5.78 Å². The third-order valence-corrected chi connectivity index (χ3v) is 2.58. The van der Waals surface area contributed by atoms with Crippen LogP contribution in [0.15, 0.2) is 0 Å². The maximum atomic E-state index is 11.5. The van der Waals surface area contributed by atoms with Gasteiger partial charge in [-0.05, 0) is 13.5 Å². The third-order valence-electron chi connectivity index (χ3n) is 2.58. The van der Waals surface area contributed by atoms with Crippen LogP contribution in [0, 0.1) is 0 Å². The van der Waals surface area contributed by atoms with Crippen molar-refractivity contribution in [2.24, 2.45) is 0 Å². The number of rotatable bonds is 4. The molecule has 1 heterocycles. The number of hydrogen-bond donors (Lipinski definition) is 0. The topological polar surface area (TPSA) is 40.6 Å². The predicted octanol–water partition coefficient (Wildman–Crippen LogP) is 0.130. The quantitative estimate of drug-likeness (QED) is 0.644. The number of carbonyl (C=O) groups is 2. The molecule has 0 aromatic rings. The monoisotopic (exact) mass is 198 g/mol. The minimum absolute atomic E-state index is 0.149. The van der Waals surface area contributed by atoms with E-state index in [-0.39, 0.29) is 11.7 Å². The van der Waals surface area contributed by atoms with Gasteiger partial charge in [-0.3, -0.25) is 14.5 Å².